The first-order valence-corrected chi connectivity index (χ1v) is 5.57. The Hall–Kier alpha value is -1.68. The molecule has 0 fully saturated rings. The van der Waals surface area contributed by atoms with Crippen molar-refractivity contribution in [2.75, 3.05) is 13.7 Å². The van der Waals surface area contributed by atoms with Crippen LogP contribution in [0.15, 0.2) is 18.2 Å². The Morgan fingerprint density at radius 3 is 2.82 bits per heavy atom. The lowest BCUT2D eigenvalue weighted by atomic mass is 10.2. The molecule has 0 aliphatic rings. The van der Waals surface area contributed by atoms with E-state index in [4.69, 9.17) is 21.1 Å². The fourth-order valence-electron chi connectivity index (χ4n) is 1.66. The predicted octanol–water partition coefficient (Wildman–Crippen LogP) is 3.01. The highest BCUT2D eigenvalue weighted by Crippen LogP contribution is 2.30. The summed E-state index contributed by atoms with van der Waals surface area (Å²) in [5, 5.41) is 1.38. The molecule has 0 spiro atoms. The second-order valence-electron chi connectivity index (χ2n) is 3.48. The van der Waals surface area contributed by atoms with Crippen LogP contribution >= 0.6 is 11.6 Å². The third-order valence-electron chi connectivity index (χ3n) is 2.37. The molecule has 0 atom stereocenters. The lowest BCUT2D eigenvalue weighted by molar-refractivity contribution is 0.0520. The van der Waals surface area contributed by atoms with Crippen LogP contribution in [0.25, 0.3) is 10.9 Å². The number of hydrogen-bond acceptors (Lipinski definition) is 3. The van der Waals surface area contributed by atoms with Crippen LogP contribution in [0.1, 0.15) is 17.4 Å². The van der Waals surface area contributed by atoms with Gasteiger partial charge in [0.05, 0.1) is 19.2 Å². The van der Waals surface area contributed by atoms with Gasteiger partial charge in [-0.15, -0.1) is 0 Å². The molecule has 0 unspecified atom stereocenters. The summed E-state index contributed by atoms with van der Waals surface area (Å²) in [5.74, 6) is 0.213. The standard InChI is InChI=1S/C12H12ClNO3/c1-3-17-12(15)9-5-7-4-8(13)6-10(16-2)11(7)14-9/h4-6,14H,3H2,1-2H3. The predicted molar refractivity (Wildman–Crippen MR) is 65.8 cm³/mol. The summed E-state index contributed by atoms with van der Waals surface area (Å²) in [6.07, 6.45) is 0. The number of H-pyrrole nitrogens is 1. The van der Waals surface area contributed by atoms with Crippen molar-refractivity contribution in [3.8, 4) is 5.75 Å². The highest BCUT2D eigenvalue weighted by Gasteiger charge is 2.13. The summed E-state index contributed by atoms with van der Waals surface area (Å²) < 4.78 is 10.1. The van der Waals surface area contributed by atoms with E-state index in [-0.39, 0.29) is 5.97 Å². The van der Waals surface area contributed by atoms with E-state index >= 15 is 0 Å². The van der Waals surface area contributed by atoms with Gasteiger partial charge >= 0.3 is 5.97 Å². The van der Waals surface area contributed by atoms with Gasteiger partial charge in [0, 0.05) is 16.5 Å². The van der Waals surface area contributed by atoms with E-state index in [1.165, 1.54) is 0 Å². The Morgan fingerprint density at radius 2 is 2.18 bits per heavy atom. The summed E-state index contributed by atoms with van der Waals surface area (Å²) in [5.41, 5.74) is 1.13. The first-order valence-electron chi connectivity index (χ1n) is 5.19. The molecule has 1 aromatic heterocycles. The van der Waals surface area contributed by atoms with Gasteiger partial charge in [-0.1, -0.05) is 11.6 Å². The second kappa shape index (κ2) is 4.67. The van der Waals surface area contributed by atoms with E-state index in [2.05, 4.69) is 4.98 Å². The summed E-state index contributed by atoms with van der Waals surface area (Å²) in [6, 6.07) is 5.15. The maximum Gasteiger partial charge on any atom is 0.354 e. The third-order valence-corrected chi connectivity index (χ3v) is 2.59. The molecular formula is C12H12ClNO3. The number of hydrogen-bond donors (Lipinski definition) is 1. The van der Waals surface area contributed by atoms with E-state index < -0.39 is 0 Å². The third kappa shape index (κ3) is 2.22. The van der Waals surface area contributed by atoms with Crippen molar-refractivity contribution in [3.05, 3.63) is 28.9 Å². The fourth-order valence-corrected chi connectivity index (χ4v) is 1.87. The number of ether oxygens (including phenoxy) is 2. The molecule has 1 N–H and O–H groups in total. The van der Waals surface area contributed by atoms with E-state index in [0.717, 1.165) is 10.9 Å². The molecule has 0 saturated heterocycles. The molecule has 90 valence electrons. The molecule has 0 bridgehead atoms. The zero-order chi connectivity index (χ0) is 12.4. The average Bonchev–Trinajstić information content (AvgIpc) is 2.71. The van der Waals surface area contributed by atoms with Gasteiger partial charge in [-0.2, -0.15) is 0 Å². The second-order valence-corrected chi connectivity index (χ2v) is 3.91. The minimum absolute atomic E-state index is 0.339. The Bertz CT molecular complexity index is 562. The van der Waals surface area contributed by atoms with Crippen LogP contribution < -0.4 is 4.74 Å². The van der Waals surface area contributed by atoms with Gasteiger partial charge in [0.25, 0.3) is 0 Å². The Morgan fingerprint density at radius 1 is 1.41 bits per heavy atom. The van der Waals surface area contributed by atoms with Crippen LogP contribution in [-0.4, -0.2) is 24.7 Å². The maximum atomic E-state index is 11.6. The zero-order valence-corrected chi connectivity index (χ0v) is 10.3. The molecule has 0 aliphatic heterocycles. The number of rotatable bonds is 3. The summed E-state index contributed by atoms with van der Waals surface area (Å²) in [6.45, 7) is 2.10. The SMILES string of the molecule is CCOC(=O)c1cc2cc(Cl)cc(OC)c2[nH]1. The van der Waals surface area contributed by atoms with Gasteiger partial charge in [0.15, 0.2) is 0 Å². The highest BCUT2D eigenvalue weighted by atomic mass is 35.5. The quantitative estimate of drug-likeness (QED) is 0.856. The largest absolute Gasteiger partial charge is 0.495 e. The lowest BCUT2D eigenvalue weighted by Crippen LogP contribution is -2.04. The zero-order valence-electron chi connectivity index (χ0n) is 9.54. The first kappa shape index (κ1) is 11.8. The molecule has 1 aromatic carbocycles. The van der Waals surface area contributed by atoms with Gasteiger partial charge in [-0.3, -0.25) is 0 Å². The number of methoxy groups -OCH3 is 1. The number of aromatic amines is 1. The van der Waals surface area contributed by atoms with Crippen molar-refractivity contribution in [2.24, 2.45) is 0 Å². The number of carbonyl (C=O) groups is 1. The van der Waals surface area contributed by atoms with Crippen molar-refractivity contribution in [2.45, 2.75) is 6.92 Å². The van der Waals surface area contributed by atoms with E-state index in [1.54, 1.807) is 32.2 Å². The van der Waals surface area contributed by atoms with Crippen molar-refractivity contribution >= 4 is 28.5 Å². The van der Waals surface area contributed by atoms with Crippen LogP contribution in [0.3, 0.4) is 0 Å². The van der Waals surface area contributed by atoms with Crippen molar-refractivity contribution in [3.63, 3.8) is 0 Å². The number of aromatic nitrogens is 1. The average molecular weight is 254 g/mol. The molecular weight excluding hydrogens is 242 g/mol. The molecule has 2 rings (SSSR count). The van der Waals surface area contributed by atoms with Crippen LogP contribution in [0, 0.1) is 0 Å². The first-order chi connectivity index (χ1) is 8.15. The number of fused-ring (bicyclic) bond motifs is 1. The molecule has 17 heavy (non-hydrogen) atoms. The van der Waals surface area contributed by atoms with Gasteiger partial charge < -0.3 is 14.5 Å². The fraction of sp³-hybridized carbons (Fsp3) is 0.250. The van der Waals surface area contributed by atoms with Crippen molar-refractivity contribution in [1.82, 2.24) is 4.98 Å². The number of benzene rings is 1. The van der Waals surface area contributed by atoms with E-state index in [0.29, 0.717) is 23.1 Å². The molecule has 0 saturated carbocycles. The number of halogens is 1. The molecule has 5 heteroatoms. The molecule has 0 aliphatic carbocycles. The molecule has 1 heterocycles. The van der Waals surface area contributed by atoms with Gasteiger partial charge in [0.1, 0.15) is 11.4 Å². The number of nitrogens with one attached hydrogen (secondary N) is 1. The Balaban J connectivity index is 2.53. The van der Waals surface area contributed by atoms with Crippen LogP contribution in [-0.2, 0) is 4.74 Å². The molecule has 2 aromatic rings. The van der Waals surface area contributed by atoms with Crippen LogP contribution in [0.5, 0.6) is 5.75 Å². The van der Waals surface area contributed by atoms with Crippen molar-refractivity contribution < 1.29 is 14.3 Å². The van der Waals surface area contributed by atoms with Gasteiger partial charge in [-0.05, 0) is 19.1 Å². The topological polar surface area (TPSA) is 51.3 Å². The normalized spacial score (nSPS) is 10.5. The molecule has 4 nitrogen and oxygen atoms in total. The van der Waals surface area contributed by atoms with Gasteiger partial charge in [0.2, 0.25) is 0 Å². The number of esters is 1. The minimum Gasteiger partial charge on any atom is -0.495 e. The van der Waals surface area contributed by atoms with E-state index in [1.807, 2.05) is 0 Å². The van der Waals surface area contributed by atoms with Crippen LogP contribution in [0.4, 0.5) is 0 Å². The maximum absolute atomic E-state index is 11.6. The lowest BCUT2D eigenvalue weighted by Gasteiger charge is -2.01. The molecule has 0 amide bonds. The van der Waals surface area contributed by atoms with Crippen molar-refractivity contribution in [1.29, 1.82) is 0 Å². The monoisotopic (exact) mass is 253 g/mol. The summed E-state index contributed by atoms with van der Waals surface area (Å²) in [4.78, 5) is 14.5. The number of carbonyl (C=O) groups excluding carboxylic acids is 1. The Kier molecular flexibility index (Phi) is 3.24. The smallest absolute Gasteiger partial charge is 0.354 e. The Labute approximate surface area is 103 Å². The van der Waals surface area contributed by atoms with Gasteiger partial charge in [-0.25, -0.2) is 4.79 Å². The molecule has 0 radical (unpaired) electrons. The minimum atomic E-state index is -0.387. The highest BCUT2D eigenvalue weighted by molar-refractivity contribution is 6.31. The van der Waals surface area contributed by atoms with Crippen LogP contribution in [0.2, 0.25) is 5.02 Å². The summed E-state index contributed by atoms with van der Waals surface area (Å²) >= 11 is 5.94. The van der Waals surface area contributed by atoms with E-state index in [9.17, 15) is 4.79 Å². The summed E-state index contributed by atoms with van der Waals surface area (Å²) in [7, 11) is 1.55.